The summed E-state index contributed by atoms with van der Waals surface area (Å²) < 4.78 is 0. The van der Waals surface area contributed by atoms with Gasteiger partial charge in [-0.2, -0.15) is 0 Å². The molecule has 4 nitrogen and oxygen atoms in total. The Bertz CT molecular complexity index is 145. The molecule has 0 spiro atoms. The topological polar surface area (TPSA) is 83.5 Å². The second kappa shape index (κ2) is 5.88. The average Bonchev–Trinajstić information content (AvgIpc) is 1.97. The number of hydrogen-bond donors (Lipinski definition) is 3. The molecule has 0 heterocycles. The van der Waals surface area contributed by atoms with Crippen molar-refractivity contribution in [3.05, 3.63) is 12.2 Å². The summed E-state index contributed by atoms with van der Waals surface area (Å²) in [5.41, 5.74) is 5.20. The molecule has 0 saturated heterocycles. The van der Waals surface area contributed by atoms with Crippen LogP contribution in [0.25, 0.3) is 0 Å². The largest absolute Gasteiger partial charge is 0.480 e. The zero-order chi connectivity index (χ0) is 8.69. The van der Waals surface area contributed by atoms with E-state index in [0.29, 0.717) is 12.8 Å². The minimum absolute atomic E-state index is 0.0116. The monoisotopic (exact) mass is 159 g/mol. The van der Waals surface area contributed by atoms with E-state index in [9.17, 15) is 4.79 Å². The maximum absolute atomic E-state index is 10.2. The molecular formula is C7H13NO3. The van der Waals surface area contributed by atoms with Crippen LogP contribution in [0.15, 0.2) is 12.2 Å². The van der Waals surface area contributed by atoms with Crippen LogP contribution >= 0.6 is 0 Å². The van der Waals surface area contributed by atoms with Crippen LogP contribution in [-0.4, -0.2) is 28.8 Å². The zero-order valence-corrected chi connectivity index (χ0v) is 6.23. The Kier molecular flexibility index (Phi) is 5.42. The highest BCUT2D eigenvalue weighted by atomic mass is 16.4. The third-order valence-electron chi connectivity index (χ3n) is 1.23. The number of carboxylic acid groups (broad SMARTS) is 1. The zero-order valence-electron chi connectivity index (χ0n) is 6.23. The molecular weight excluding hydrogens is 146 g/mol. The van der Waals surface area contributed by atoms with Crippen LogP contribution in [0, 0.1) is 0 Å². The third-order valence-corrected chi connectivity index (χ3v) is 1.23. The fourth-order valence-electron chi connectivity index (χ4n) is 0.592. The summed E-state index contributed by atoms with van der Waals surface area (Å²) in [5.74, 6) is -0.984. The Balaban J connectivity index is 3.38. The van der Waals surface area contributed by atoms with Gasteiger partial charge in [-0.3, -0.25) is 4.79 Å². The van der Waals surface area contributed by atoms with Crippen molar-refractivity contribution >= 4 is 5.97 Å². The first-order chi connectivity index (χ1) is 5.18. The minimum atomic E-state index is -0.984. The van der Waals surface area contributed by atoms with Crippen molar-refractivity contribution in [2.24, 2.45) is 5.73 Å². The lowest BCUT2D eigenvalue weighted by atomic mass is 10.1. The Hall–Kier alpha value is -0.870. The van der Waals surface area contributed by atoms with E-state index in [1.54, 1.807) is 12.2 Å². The number of allylic oxidation sites excluding steroid dienone is 1. The predicted molar refractivity (Wildman–Crippen MR) is 41.1 cm³/mol. The fourth-order valence-corrected chi connectivity index (χ4v) is 0.592. The molecule has 0 aliphatic heterocycles. The quantitative estimate of drug-likeness (QED) is 0.482. The average molecular weight is 159 g/mol. The standard InChI is InChI=1S/C7H13NO3/c8-6(7(10)11)4-2-1-3-5-9/h1,3,6,9H,2,4-5,8H2,(H,10,11)/b3-1-. The van der Waals surface area contributed by atoms with Gasteiger partial charge in [-0.15, -0.1) is 0 Å². The van der Waals surface area contributed by atoms with Crippen molar-refractivity contribution < 1.29 is 15.0 Å². The van der Waals surface area contributed by atoms with E-state index in [1.807, 2.05) is 0 Å². The molecule has 0 rings (SSSR count). The SMILES string of the molecule is NC(CC/C=C\CO)C(=O)O. The summed E-state index contributed by atoms with van der Waals surface area (Å²) in [6.45, 7) is -0.0116. The van der Waals surface area contributed by atoms with E-state index in [2.05, 4.69) is 0 Å². The predicted octanol–water partition coefficient (Wildman–Crippen LogP) is -0.273. The van der Waals surface area contributed by atoms with Gasteiger partial charge in [0.05, 0.1) is 6.61 Å². The number of carbonyl (C=O) groups is 1. The van der Waals surface area contributed by atoms with Crippen LogP contribution < -0.4 is 5.73 Å². The van der Waals surface area contributed by atoms with Crippen molar-refractivity contribution in [3.8, 4) is 0 Å². The molecule has 64 valence electrons. The summed E-state index contributed by atoms with van der Waals surface area (Å²) in [5, 5.41) is 16.6. The third kappa shape index (κ3) is 5.57. The van der Waals surface area contributed by atoms with E-state index in [4.69, 9.17) is 15.9 Å². The van der Waals surface area contributed by atoms with Crippen LogP contribution in [0.3, 0.4) is 0 Å². The van der Waals surface area contributed by atoms with Crippen molar-refractivity contribution in [2.75, 3.05) is 6.61 Å². The lowest BCUT2D eigenvalue weighted by Gasteiger charge is -2.01. The summed E-state index contributed by atoms with van der Waals surface area (Å²) in [6.07, 6.45) is 4.28. The Labute approximate surface area is 65.3 Å². The van der Waals surface area contributed by atoms with Crippen molar-refractivity contribution in [1.29, 1.82) is 0 Å². The molecule has 1 atom stereocenters. The molecule has 0 aliphatic rings. The maximum atomic E-state index is 10.2. The maximum Gasteiger partial charge on any atom is 0.320 e. The van der Waals surface area contributed by atoms with Gasteiger partial charge in [0.25, 0.3) is 0 Å². The molecule has 0 aromatic carbocycles. The number of hydrogen-bond acceptors (Lipinski definition) is 3. The molecule has 0 amide bonds. The van der Waals surface area contributed by atoms with Crippen LogP contribution in [-0.2, 0) is 4.79 Å². The Morgan fingerprint density at radius 2 is 2.18 bits per heavy atom. The molecule has 0 saturated carbocycles. The number of nitrogens with two attached hydrogens (primary N) is 1. The second-order valence-corrected chi connectivity index (χ2v) is 2.18. The van der Waals surface area contributed by atoms with Gasteiger partial charge in [-0.25, -0.2) is 0 Å². The van der Waals surface area contributed by atoms with Gasteiger partial charge < -0.3 is 15.9 Å². The molecule has 0 aliphatic carbocycles. The fraction of sp³-hybridized carbons (Fsp3) is 0.571. The number of aliphatic carboxylic acids is 1. The molecule has 11 heavy (non-hydrogen) atoms. The van der Waals surface area contributed by atoms with Crippen molar-refractivity contribution in [1.82, 2.24) is 0 Å². The highest BCUT2D eigenvalue weighted by Crippen LogP contribution is 1.95. The number of aliphatic hydroxyl groups is 1. The molecule has 1 unspecified atom stereocenters. The number of carboxylic acids is 1. The number of rotatable bonds is 5. The molecule has 0 aromatic rings. The summed E-state index contributed by atoms with van der Waals surface area (Å²) in [4.78, 5) is 10.2. The van der Waals surface area contributed by atoms with Gasteiger partial charge in [0.2, 0.25) is 0 Å². The van der Waals surface area contributed by atoms with Gasteiger partial charge in [0.15, 0.2) is 0 Å². The smallest absolute Gasteiger partial charge is 0.320 e. The number of aliphatic hydroxyl groups excluding tert-OH is 1. The van der Waals surface area contributed by atoms with Crippen LogP contribution in [0.1, 0.15) is 12.8 Å². The molecule has 0 radical (unpaired) electrons. The van der Waals surface area contributed by atoms with Crippen molar-refractivity contribution in [2.45, 2.75) is 18.9 Å². The van der Waals surface area contributed by atoms with Gasteiger partial charge in [0.1, 0.15) is 6.04 Å². The normalized spacial score (nSPS) is 13.6. The van der Waals surface area contributed by atoms with Gasteiger partial charge in [-0.05, 0) is 12.8 Å². The molecule has 0 fully saturated rings. The first-order valence-corrected chi connectivity index (χ1v) is 3.42. The van der Waals surface area contributed by atoms with Gasteiger partial charge in [0, 0.05) is 0 Å². The highest BCUT2D eigenvalue weighted by Gasteiger charge is 2.08. The van der Waals surface area contributed by atoms with E-state index in [1.165, 1.54) is 0 Å². The van der Waals surface area contributed by atoms with E-state index in [0.717, 1.165) is 0 Å². The lowest BCUT2D eigenvalue weighted by molar-refractivity contribution is -0.138. The van der Waals surface area contributed by atoms with Gasteiger partial charge >= 0.3 is 5.97 Å². The van der Waals surface area contributed by atoms with Gasteiger partial charge in [-0.1, -0.05) is 12.2 Å². The van der Waals surface area contributed by atoms with E-state index >= 15 is 0 Å². The van der Waals surface area contributed by atoms with Crippen LogP contribution in [0.2, 0.25) is 0 Å². The molecule has 4 N–H and O–H groups in total. The second-order valence-electron chi connectivity index (χ2n) is 2.18. The highest BCUT2D eigenvalue weighted by molar-refractivity contribution is 5.72. The van der Waals surface area contributed by atoms with Crippen molar-refractivity contribution in [3.63, 3.8) is 0 Å². The van der Waals surface area contributed by atoms with Crippen LogP contribution in [0.5, 0.6) is 0 Å². The molecule has 0 aromatic heterocycles. The lowest BCUT2D eigenvalue weighted by Crippen LogP contribution is -2.29. The molecule has 0 bridgehead atoms. The molecule has 4 heteroatoms. The Morgan fingerprint density at radius 1 is 1.55 bits per heavy atom. The first-order valence-electron chi connectivity index (χ1n) is 3.42. The summed E-state index contributed by atoms with van der Waals surface area (Å²) >= 11 is 0. The summed E-state index contributed by atoms with van der Waals surface area (Å²) in [6, 6.07) is -0.793. The van der Waals surface area contributed by atoms with E-state index in [-0.39, 0.29) is 6.61 Å². The van der Waals surface area contributed by atoms with Crippen LogP contribution in [0.4, 0.5) is 0 Å². The Morgan fingerprint density at radius 3 is 2.64 bits per heavy atom. The summed E-state index contributed by atoms with van der Waals surface area (Å²) in [7, 11) is 0. The van der Waals surface area contributed by atoms with E-state index < -0.39 is 12.0 Å². The first kappa shape index (κ1) is 10.1. The minimum Gasteiger partial charge on any atom is -0.480 e.